The Hall–Kier alpha value is -2.34. The Bertz CT molecular complexity index is 860. The Morgan fingerprint density at radius 1 is 1.24 bits per heavy atom. The van der Waals surface area contributed by atoms with Crippen molar-refractivity contribution in [2.45, 2.75) is 17.7 Å². The molecule has 1 aromatic heterocycles. The van der Waals surface area contributed by atoms with Gasteiger partial charge in [-0.25, -0.2) is 4.68 Å². The zero-order valence-corrected chi connectivity index (χ0v) is 12.3. The maximum atomic E-state index is 12.3. The summed E-state index contributed by atoms with van der Waals surface area (Å²) >= 11 is 1.52. The zero-order valence-electron chi connectivity index (χ0n) is 11.5. The number of aryl methyl sites for hydroxylation is 1. The van der Waals surface area contributed by atoms with E-state index in [0.29, 0.717) is 22.5 Å². The third-order valence-corrected chi connectivity index (χ3v) is 4.31. The number of hydrogen-bond acceptors (Lipinski definition) is 5. The van der Waals surface area contributed by atoms with Crippen molar-refractivity contribution in [3.8, 4) is 0 Å². The van der Waals surface area contributed by atoms with Crippen LogP contribution in [-0.4, -0.2) is 15.0 Å². The van der Waals surface area contributed by atoms with Gasteiger partial charge in [-0.05, 0) is 36.8 Å². The molecule has 0 aliphatic carbocycles. The Morgan fingerprint density at radius 2 is 2.05 bits per heavy atom. The molecule has 1 heterocycles. The Labute approximate surface area is 125 Å². The summed E-state index contributed by atoms with van der Waals surface area (Å²) in [7, 11) is 0. The molecule has 0 aliphatic heterocycles. The lowest BCUT2D eigenvalue weighted by Gasteiger charge is -2.08. The van der Waals surface area contributed by atoms with Gasteiger partial charge in [0.2, 0.25) is 0 Å². The van der Waals surface area contributed by atoms with Crippen LogP contribution in [-0.2, 0) is 5.88 Å². The van der Waals surface area contributed by atoms with E-state index < -0.39 is 0 Å². The smallest absolute Gasteiger partial charge is 0.278 e. The van der Waals surface area contributed by atoms with E-state index >= 15 is 0 Å². The van der Waals surface area contributed by atoms with Gasteiger partial charge in [-0.1, -0.05) is 23.4 Å². The van der Waals surface area contributed by atoms with Crippen LogP contribution in [0.1, 0.15) is 5.56 Å². The van der Waals surface area contributed by atoms with Crippen LogP contribution >= 0.6 is 11.8 Å². The molecule has 3 rings (SSSR count). The summed E-state index contributed by atoms with van der Waals surface area (Å²) in [5.41, 5.74) is 8.11. The zero-order chi connectivity index (χ0) is 14.8. The number of nitrogens with two attached hydrogens (primary N) is 1. The molecule has 0 radical (unpaired) electrons. The second-order valence-electron chi connectivity index (χ2n) is 4.71. The van der Waals surface area contributed by atoms with E-state index in [2.05, 4.69) is 10.3 Å². The monoisotopic (exact) mass is 298 g/mol. The molecular formula is C15H14N4OS. The maximum absolute atomic E-state index is 12.3. The number of aromatic nitrogens is 3. The highest BCUT2D eigenvalue weighted by atomic mass is 32.2. The summed E-state index contributed by atoms with van der Waals surface area (Å²) in [5.74, 6) is 0.404. The Morgan fingerprint density at radius 3 is 2.90 bits per heavy atom. The normalized spacial score (nSPS) is 10.9. The van der Waals surface area contributed by atoms with E-state index in [0.717, 1.165) is 10.5 Å². The molecule has 0 saturated carbocycles. The van der Waals surface area contributed by atoms with Crippen molar-refractivity contribution in [3.63, 3.8) is 0 Å². The summed E-state index contributed by atoms with van der Waals surface area (Å²) in [5, 5.41) is 8.63. The van der Waals surface area contributed by atoms with Gasteiger partial charge in [-0.15, -0.1) is 16.9 Å². The van der Waals surface area contributed by atoms with Crippen molar-refractivity contribution in [2.24, 2.45) is 0 Å². The average molecular weight is 298 g/mol. The first-order valence-electron chi connectivity index (χ1n) is 6.46. The molecule has 0 atom stereocenters. The molecule has 6 heteroatoms. The van der Waals surface area contributed by atoms with Gasteiger partial charge in [-0.2, -0.15) is 0 Å². The van der Waals surface area contributed by atoms with Crippen LogP contribution < -0.4 is 11.3 Å². The average Bonchev–Trinajstić information content (AvgIpc) is 2.50. The fraction of sp³-hybridized carbons (Fsp3) is 0.133. The first-order chi connectivity index (χ1) is 10.1. The molecule has 0 spiro atoms. The quantitative estimate of drug-likeness (QED) is 0.594. The molecular weight excluding hydrogens is 284 g/mol. The van der Waals surface area contributed by atoms with Gasteiger partial charge >= 0.3 is 0 Å². The number of benzene rings is 2. The van der Waals surface area contributed by atoms with Crippen molar-refractivity contribution in [3.05, 3.63) is 58.4 Å². The van der Waals surface area contributed by atoms with Crippen LogP contribution in [0, 0.1) is 6.92 Å². The molecule has 2 N–H and O–H groups in total. The lowest BCUT2D eigenvalue weighted by atomic mass is 10.2. The van der Waals surface area contributed by atoms with E-state index in [1.165, 1.54) is 16.4 Å². The van der Waals surface area contributed by atoms with Gasteiger partial charge in [0, 0.05) is 10.6 Å². The Kier molecular flexibility index (Phi) is 3.62. The largest absolute Gasteiger partial charge is 0.399 e. The fourth-order valence-corrected chi connectivity index (χ4v) is 2.96. The minimum atomic E-state index is -0.130. The summed E-state index contributed by atoms with van der Waals surface area (Å²) in [6.07, 6.45) is 0. The lowest BCUT2D eigenvalue weighted by Crippen LogP contribution is -2.23. The molecule has 21 heavy (non-hydrogen) atoms. The van der Waals surface area contributed by atoms with Gasteiger partial charge in [0.15, 0.2) is 0 Å². The number of hydrogen-bond donors (Lipinski definition) is 1. The highest BCUT2D eigenvalue weighted by Crippen LogP contribution is 2.25. The van der Waals surface area contributed by atoms with Crippen LogP contribution in [0.15, 0.2) is 52.2 Å². The number of rotatable bonds is 3. The number of thioether (sulfide) groups is 1. The van der Waals surface area contributed by atoms with Gasteiger partial charge in [0.25, 0.3) is 5.56 Å². The van der Waals surface area contributed by atoms with Crippen LogP contribution in [0.25, 0.3) is 10.9 Å². The third-order valence-electron chi connectivity index (χ3n) is 3.18. The van der Waals surface area contributed by atoms with E-state index in [-0.39, 0.29) is 5.56 Å². The molecule has 0 amide bonds. The SMILES string of the molecule is Cc1ccc(N)cc1SCn1nnc2ccccc2c1=O. The Balaban J connectivity index is 1.90. The van der Waals surface area contributed by atoms with E-state index in [1.807, 2.05) is 37.3 Å². The first-order valence-corrected chi connectivity index (χ1v) is 7.45. The van der Waals surface area contributed by atoms with Crippen LogP contribution in [0.5, 0.6) is 0 Å². The maximum Gasteiger partial charge on any atom is 0.278 e. The van der Waals surface area contributed by atoms with E-state index in [1.54, 1.807) is 12.1 Å². The predicted octanol–water partition coefficient (Wildman–Crippen LogP) is 2.43. The van der Waals surface area contributed by atoms with Crippen LogP contribution in [0.4, 0.5) is 5.69 Å². The van der Waals surface area contributed by atoms with Crippen LogP contribution in [0.2, 0.25) is 0 Å². The summed E-state index contributed by atoms with van der Waals surface area (Å²) in [6, 6.07) is 12.9. The first kappa shape index (κ1) is 13.6. The molecule has 0 fully saturated rings. The van der Waals surface area contributed by atoms with Crippen LogP contribution in [0.3, 0.4) is 0 Å². The standard InChI is InChI=1S/C15H14N4OS/c1-10-6-7-11(16)8-14(10)21-9-19-15(20)12-4-2-3-5-13(12)17-18-19/h2-8H,9,16H2,1H3. The highest BCUT2D eigenvalue weighted by molar-refractivity contribution is 7.98. The number of nitrogen functional groups attached to an aromatic ring is 1. The number of fused-ring (bicyclic) bond motifs is 1. The second-order valence-corrected chi connectivity index (χ2v) is 5.70. The van der Waals surface area contributed by atoms with Crippen molar-refractivity contribution in [1.29, 1.82) is 0 Å². The molecule has 2 aromatic carbocycles. The van der Waals surface area contributed by atoms with E-state index in [4.69, 9.17) is 5.73 Å². The number of anilines is 1. The summed E-state index contributed by atoms with van der Waals surface area (Å²) in [4.78, 5) is 13.4. The molecule has 106 valence electrons. The van der Waals surface area contributed by atoms with Crippen molar-refractivity contribution >= 4 is 28.4 Å². The van der Waals surface area contributed by atoms with Gasteiger partial charge in [0.1, 0.15) is 5.52 Å². The molecule has 5 nitrogen and oxygen atoms in total. The molecule has 0 unspecified atom stereocenters. The van der Waals surface area contributed by atoms with Gasteiger partial charge < -0.3 is 5.73 Å². The predicted molar refractivity (Wildman–Crippen MR) is 85.2 cm³/mol. The van der Waals surface area contributed by atoms with Crippen molar-refractivity contribution in [2.75, 3.05) is 5.73 Å². The topological polar surface area (TPSA) is 73.8 Å². The minimum absolute atomic E-state index is 0.130. The summed E-state index contributed by atoms with van der Waals surface area (Å²) < 4.78 is 1.37. The number of nitrogens with zero attached hydrogens (tertiary/aromatic N) is 3. The fourth-order valence-electron chi connectivity index (χ4n) is 2.01. The van der Waals surface area contributed by atoms with Crippen molar-refractivity contribution in [1.82, 2.24) is 15.0 Å². The van der Waals surface area contributed by atoms with Crippen molar-refractivity contribution < 1.29 is 0 Å². The summed E-state index contributed by atoms with van der Waals surface area (Å²) in [6.45, 7) is 2.01. The molecule has 0 aliphatic rings. The minimum Gasteiger partial charge on any atom is -0.399 e. The second kappa shape index (κ2) is 5.57. The van der Waals surface area contributed by atoms with Gasteiger partial charge in [-0.3, -0.25) is 4.79 Å². The van der Waals surface area contributed by atoms with E-state index in [9.17, 15) is 4.79 Å². The third kappa shape index (κ3) is 2.75. The highest BCUT2D eigenvalue weighted by Gasteiger charge is 2.06. The van der Waals surface area contributed by atoms with Gasteiger partial charge in [0.05, 0.1) is 11.3 Å². The molecule has 3 aromatic rings. The lowest BCUT2D eigenvalue weighted by molar-refractivity contribution is 0.645. The molecule has 0 bridgehead atoms. The molecule has 0 saturated heterocycles.